The molecule has 1 atom stereocenters. The molecule has 0 bridgehead atoms. The summed E-state index contributed by atoms with van der Waals surface area (Å²) in [4.78, 5) is 11.5. The fourth-order valence-electron chi connectivity index (χ4n) is 1.55. The molecule has 1 unspecified atom stereocenters. The molecule has 0 aliphatic rings. The summed E-state index contributed by atoms with van der Waals surface area (Å²) in [5, 5.41) is 2.93. The summed E-state index contributed by atoms with van der Waals surface area (Å²) in [5.74, 6) is 0.590. The largest absolute Gasteiger partial charge is 0.494 e. The van der Waals surface area contributed by atoms with Gasteiger partial charge in [0.1, 0.15) is 11.8 Å². The number of rotatable bonds is 7. The molecular formula is C14H21NO3. The molecule has 0 amide bonds. The summed E-state index contributed by atoms with van der Waals surface area (Å²) in [6, 6.07) is 7.53. The van der Waals surface area contributed by atoms with Crippen molar-refractivity contribution < 1.29 is 14.3 Å². The van der Waals surface area contributed by atoms with Gasteiger partial charge in [0.05, 0.1) is 13.2 Å². The summed E-state index contributed by atoms with van der Waals surface area (Å²) in [7, 11) is 1.74. The van der Waals surface area contributed by atoms with E-state index >= 15 is 0 Å². The van der Waals surface area contributed by atoms with Crippen LogP contribution in [0, 0.1) is 6.92 Å². The summed E-state index contributed by atoms with van der Waals surface area (Å²) in [5.41, 5.74) is 1.20. The minimum Gasteiger partial charge on any atom is -0.494 e. The number of benzene rings is 1. The zero-order valence-corrected chi connectivity index (χ0v) is 11.2. The van der Waals surface area contributed by atoms with Gasteiger partial charge in [0.15, 0.2) is 0 Å². The van der Waals surface area contributed by atoms with Crippen molar-refractivity contribution in [1.82, 2.24) is 5.32 Å². The van der Waals surface area contributed by atoms with Crippen LogP contribution in [0.2, 0.25) is 0 Å². The van der Waals surface area contributed by atoms with Gasteiger partial charge in [0, 0.05) is 6.42 Å². The van der Waals surface area contributed by atoms with Crippen molar-refractivity contribution in [3.63, 3.8) is 0 Å². The quantitative estimate of drug-likeness (QED) is 0.752. The van der Waals surface area contributed by atoms with Crippen molar-refractivity contribution in [2.45, 2.75) is 26.3 Å². The Balaban J connectivity index is 2.35. The lowest BCUT2D eigenvalue weighted by Crippen LogP contribution is -2.36. The van der Waals surface area contributed by atoms with Crippen LogP contribution in [0.1, 0.15) is 18.9 Å². The minimum atomic E-state index is -0.310. The predicted octanol–water partition coefficient (Wildman–Crippen LogP) is 1.92. The third-order valence-corrected chi connectivity index (χ3v) is 2.62. The highest BCUT2D eigenvalue weighted by atomic mass is 16.5. The van der Waals surface area contributed by atoms with Crippen molar-refractivity contribution in [3.05, 3.63) is 29.8 Å². The molecule has 1 aromatic rings. The first-order valence-corrected chi connectivity index (χ1v) is 6.20. The number of nitrogens with one attached hydrogen (secondary N) is 1. The Morgan fingerprint density at radius 2 is 2.00 bits per heavy atom. The van der Waals surface area contributed by atoms with Gasteiger partial charge in [-0.05, 0) is 33.0 Å². The number of aryl methyl sites for hydroxylation is 1. The Hall–Kier alpha value is -1.55. The van der Waals surface area contributed by atoms with E-state index in [9.17, 15) is 4.79 Å². The lowest BCUT2D eigenvalue weighted by molar-refractivity contribution is -0.145. The number of carbonyl (C=O) groups is 1. The van der Waals surface area contributed by atoms with Crippen LogP contribution in [0.15, 0.2) is 24.3 Å². The summed E-state index contributed by atoms with van der Waals surface area (Å²) >= 11 is 0. The van der Waals surface area contributed by atoms with E-state index in [0.29, 0.717) is 19.6 Å². The van der Waals surface area contributed by atoms with Crippen LogP contribution in [-0.2, 0) is 9.53 Å². The van der Waals surface area contributed by atoms with Crippen LogP contribution in [0.3, 0.4) is 0 Å². The fourth-order valence-corrected chi connectivity index (χ4v) is 1.55. The summed E-state index contributed by atoms with van der Waals surface area (Å²) in [6.45, 7) is 4.71. The standard InChI is InChI=1S/C14H21NO3/c1-4-17-14(16)13(15-3)9-10-18-12-7-5-11(2)6-8-12/h5-8,13,15H,4,9-10H2,1-3H3. The van der Waals surface area contributed by atoms with Crippen molar-refractivity contribution in [1.29, 1.82) is 0 Å². The van der Waals surface area contributed by atoms with E-state index in [1.54, 1.807) is 14.0 Å². The SMILES string of the molecule is CCOC(=O)C(CCOc1ccc(C)cc1)NC. The van der Waals surface area contributed by atoms with E-state index in [4.69, 9.17) is 9.47 Å². The van der Waals surface area contributed by atoms with E-state index in [1.165, 1.54) is 5.56 Å². The molecule has 1 N–H and O–H groups in total. The third kappa shape index (κ3) is 4.75. The first-order valence-electron chi connectivity index (χ1n) is 6.20. The second kappa shape index (κ2) is 7.71. The smallest absolute Gasteiger partial charge is 0.323 e. The summed E-state index contributed by atoms with van der Waals surface area (Å²) < 4.78 is 10.5. The van der Waals surface area contributed by atoms with Crippen LogP contribution in [0.4, 0.5) is 0 Å². The molecule has 0 saturated heterocycles. The Morgan fingerprint density at radius 1 is 1.33 bits per heavy atom. The average Bonchev–Trinajstić information content (AvgIpc) is 2.37. The first kappa shape index (κ1) is 14.5. The molecule has 0 fully saturated rings. The molecule has 100 valence electrons. The van der Waals surface area contributed by atoms with Crippen molar-refractivity contribution in [2.75, 3.05) is 20.3 Å². The fraction of sp³-hybridized carbons (Fsp3) is 0.500. The van der Waals surface area contributed by atoms with Crippen molar-refractivity contribution in [2.24, 2.45) is 0 Å². The molecule has 0 saturated carbocycles. The Bertz CT molecular complexity index is 362. The van der Waals surface area contributed by atoms with Gasteiger partial charge in [-0.15, -0.1) is 0 Å². The van der Waals surface area contributed by atoms with E-state index in [1.807, 2.05) is 31.2 Å². The zero-order valence-electron chi connectivity index (χ0n) is 11.2. The first-order chi connectivity index (χ1) is 8.67. The highest BCUT2D eigenvalue weighted by Crippen LogP contribution is 2.11. The molecular weight excluding hydrogens is 230 g/mol. The van der Waals surface area contributed by atoms with Gasteiger partial charge >= 0.3 is 5.97 Å². The molecule has 0 radical (unpaired) electrons. The minimum absolute atomic E-state index is 0.229. The Kier molecular flexibility index (Phi) is 6.22. The van der Waals surface area contributed by atoms with Gasteiger partial charge in [0.2, 0.25) is 0 Å². The average molecular weight is 251 g/mol. The number of carbonyl (C=O) groups excluding carboxylic acids is 1. The van der Waals surface area contributed by atoms with Gasteiger partial charge in [-0.3, -0.25) is 4.79 Å². The van der Waals surface area contributed by atoms with Crippen LogP contribution in [0.5, 0.6) is 5.75 Å². The van der Waals surface area contributed by atoms with Crippen LogP contribution in [-0.4, -0.2) is 32.3 Å². The molecule has 0 heterocycles. The zero-order chi connectivity index (χ0) is 13.4. The molecule has 1 rings (SSSR count). The second-order valence-corrected chi connectivity index (χ2v) is 4.04. The van der Waals surface area contributed by atoms with E-state index in [0.717, 1.165) is 5.75 Å². The number of likely N-dealkylation sites (N-methyl/N-ethyl adjacent to an activating group) is 1. The molecule has 18 heavy (non-hydrogen) atoms. The second-order valence-electron chi connectivity index (χ2n) is 4.04. The monoisotopic (exact) mass is 251 g/mol. The predicted molar refractivity (Wildman–Crippen MR) is 70.8 cm³/mol. The van der Waals surface area contributed by atoms with Gasteiger partial charge < -0.3 is 14.8 Å². The van der Waals surface area contributed by atoms with E-state index < -0.39 is 0 Å². The Labute approximate surface area is 108 Å². The number of hydrogen-bond acceptors (Lipinski definition) is 4. The maximum atomic E-state index is 11.5. The van der Waals surface area contributed by atoms with Crippen LogP contribution in [0.25, 0.3) is 0 Å². The normalized spacial score (nSPS) is 11.9. The highest BCUT2D eigenvalue weighted by Gasteiger charge is 2.17. The van der Waals surface area contributed by atoms with Gasteiger partial charge in [-0.1, -0.05) is 17.7 Å². The third-order valence-electron chi connectivity index (χ3n) is 2.62. The summed E-state index contributed by atoms with van der Waals surface area (Å²) in [6.07, 6.45) is 0.587. The topological polar surface area (TPSA) is 47.6 Å². The molecule has 0 aromatic heterocycles. The van der Waals surface area contributed by atoms with Gasteiger partial charge in [-0.2, -0.15) is 0 Å². The maximum absolute atomic E-state index is 11.5. The van der Waals surface area contributed by atoms with Gasteiger partial charge in [0.25, 0.3) is 0 Å². The molecule has 1 aromatic carbocycles. The molecule has 0 aliphatic heterocycles. The lowest BCUT2D eigenvalue weighted by Gasteiger charge is -2.15. The number of esters is 1. The van der Waals surface area contributed by atoms with E-state index in [2.05, 4.69) is 5.32 Å². The Morgan fingerprint density at radius 3 is 2.56 bits per heavy atom. The van der Waals surface area contributed by atoms with Crippen molar-refractivity contribution in [3.8, 4) is 5.75 Å². The molecule has 0 aliphatic carbocycles. The molecule has 4 heteroatoms. The van der Waals surface area contributed by atoms with E-state index in [-0.39, 0.29) is 12.0 Å². The molecule has 0 spiro atoms. The maximum Gasteiger partial charge on any atom is 0.323 e. The van der Waals surface area contributed by atoms with Crippen LogP contribution >= 0.6 is 0 Å². The number of ether oxygens (including phenoxy) is 2. The van der Waals surface area contributed by atoms with Gasteiger partial charge in [-0.25, -0.2) is 0 Å². The highest BCUT2D eigenvalue weighted by molar-refractivity contribution is 5.75. The number of hydrogen-bond donors (Lipinski definition) is 1. The van der Waals surface area contributed by atoms with Crippen molar-refractivity contribution >= 4 is 5.97 Å². The molecule has 4 nitrogen and oxygen atoms in total. The van der Waals surface area contributed by atoms with Crippen LogP contribution < -0.4 is 10.1 Å². The lowest BCUT2D eigenvalue weighted by atomic mass is 10.2.